The van der Waals surface area contributed by atoms with Gasteiger partial charge in [0.15, 0.2) is 0 Å². The van der Waals surface area contributed by atoms with Gasteiger partial charge >= 0.3 is 5.69 Å². The molecule has 2 aromatic rings. The van der Waals surface area contributed by atoms with Gasteiger partial charge in [-0.25, -0.2) is 4.79 Å². The lowest BCUT2D eigenvalue weighted by atomic mass is 9.81. The Kier molecular flexibility index (Phi) is 5.13. The van der Waals surface area contributed by atoms with Crippen LogP contribution < -0.4 is 5.69 Å². The normalized spacial score (nSPS) is 24.9. The van der Waals surface area contributed by atoms with Crippen molar-refractivity contribution in [3.05, 3.63) is 34.7 Å². The van der Waals surface area contributed by atoms with Gasteiger partial charge in [0.25, 0.3) is 0 Å². The van der Waals surface area contributed by atoms with E-state index in [4.69, 9.17) is 0 Å². The molecule has 1 N–H and O–H groups in total. The molecule has 7 nitrogen and oxygen atoms in total. The zero-order chi connectivity index (χ0) is 20.7. The number of hydrogen-bond donors (Lipinski definition) is 1. The summed E-state index contributed by atoms with van der Waals surface area (Å²) in [5.74, 6) is 1.32. The van der Waals surface area contributed by atoms with Crippen molar-refractivity contribution in [2.45, 2.75) is 45.1 Å². The topological polar surface area (TPSA) is 78.4 Å². The molecule has 1 aromatic carbocycles. The number of aromatic nitrogens is 2. The van der Waals surface area contributed by atoms with Crippen LogP contribution in [-0.4, -0.2) is 57.3 Å². The molecule has 7 heteroatoms. The van der Waals surface area contributed by atoms with Crippen molar-refractivity contribution in [2.24, 2.45) is 17.8 Å². The molecule has 1 saturated heterocycles. The minimum absolute atomic E-state index is 0.0481. The number of carbonyl (C=O) groups is 2. The summed E-state index contributed by atoms with van der Waals surface area (Å²) >= 11 is 0. The number of hydrogen-bond acceptors (Lipinski definition) is 3. The molecular weight excluding hydrogens is 380 g/mol. The fourth-order valence-electron chi connectivity index (χ4n) is 5.13. The predicted octanol–water partition coefficient (Wildman–Crippen LogP) is 2.22. The largest absolute Gasteiger partial charge is 0.339 e. The molecule has 2 aliphatic carbocycles. The standard InChI is InChI=1S/C23H30N4O3/c28-21(25-11-13-26(14-12-25)22(29)18-9-10-18)17-7-5-16(6-8-17)15-27-20-4-2-1-3-19(20)24-23(27)30/h1-4,16-18H,5-15H2,(H,24,30). The summed E-state index contributed by atoms with van der Waals surface area (Å²) < 4.78 is 1.85. The van der Waals surface area contributed by atoms with Gasteiger partial charge in [0, 0.05) is 44.6 Å². The van der Waals surface area contributed by atoms with Crippen LogP contribution in [0, 0.1) is 17.8 Å². The lowest BCUT2D eigenvalue weighted by molar-refractivity contribution is -0.143. The summed E-state index contributed by atoms with van der Waals surface area (Å²) in [4.78, 5) is 44.4. The average Bonchev–Trinajstić information content (AvgIpc) is 3.58. The molecule has 1 aromatic heterocycles. The summed E-state index contributed by atoms with van der Waals surface area (Å²) in [5, 5.41) is 0. The highest BCUT2D eigenvalue weighted by Gasteiger charge is 2.36. The van der Waals surface area contributed by atoms with E-state index in [1.54, 1.807) is 0 Å². The van der Waals surface area contributed by atoms with Crippen molar-refractivity contribution in [2.75, 3.05) is 26.2 Å². The molecule has 0 radical (unpaired) electrons. The van der Waals surface area contributed by atoms with Gasteiger partial charge in [-0.3, -0.25) is 14.2 Å². The lowest BCUT2D eigenvalue weighted by Crippen LogP contribution is -2.52. The highest BCUT2D eigenvalue weighted by Crippen LogP contribution is 2.33. The lowest BCUT2D eigenvalue weighted by Gasteiger charge is -2.38. The van der Waals surface area contributed by atoms with Crippen LogP contribution in [0.1, 0.15) is 38.5 Å². The molecule has 1 aliphatic heterocycles. The maximum absolute atomic E-state index is 13.0. The van der Waals surface area contributed by atoms with Crippen LogP contribution in [-0.2, 0) is 16.1 Å². The number of aromatic amines is 1. The number of carbonyl (C=O) groups excluding carboxylic acids is 2. The number of amides is 2. The Morgan fingerprint density at radius 1 is 0.833 bits per heavy atom. The van der Waals surface area contributed by atoms with E-state index in [2.05, 4.69) is 4.98 Å². The average molecular weight is 411 g/mol. The number of para-hydroxylation sites is 2. The third kappa shape index (κ3) is 3.77. The smallest absolute Gasteiger partial charge is 0.326 e. The fourth-order valence-corrected chi connectivity index (χ4v) is 5.13. The Hall–Kier alpha value is -2.57. The maximum atomic E-state index is 13.0. The molecule has 2 saturated carbocycles. The number of nitrogens with one attached hydrogen (secondary N) is 1. The summed E-state index contributed by atoms with van der Waals surface area (Å²) in [6, 6.07) is 7.80. The Labute approximate surface area is 176 Å². The van der Waals surface area contributed by atoms with Crippen molar-refractivity contribution in [1.82, 2.24) is 19.4 Å². The molecule has 0 bridgehead atoms. The molecule has 0 atom stereocenters. The van der Waals surface area contributed by atoms with Crippen LogP contribution in [0.2, 0.25) is 0 Å². The highest BCUT2D eigenvalue weighted by atomic mass is 16.2. The zero-order valence-corrected chi connectivity index (χ0v) is 17.4. The predicted molar refractivity (Wildman–Crippen MR) is 114 cm³/mol. The van der Waals surface area contributed by atoms with Crippen molar-refractivity contribution < 1.29 is 9.59 Å². The van der Waals surface area contributed by atoms with Gasteiger partial charge < -0.3 is 14.8 Å². The quantitative estimate of drug-likeness (QED) is 0.840. The van der Waals surface area contributed by atoms with Crippen LogP contribution in [0.5, 0.6) is 0 Å². The third-order valence-corrected chi connectivity index (χ3v) is 7.15. The van der Waals surface area contributed by atoms with Gasteiger partial charge in [-0.1, -0.05) is 12.1 Å². The SMILES string of the molecule is O=C(C1CCC(Cn2c(=O)[nH]c3ccccc32)CC1)N1CCN(C(=O)C2CC2)CC1. The van der Waals surface area contributed by atoms with E-state index in [1.807, 2.05) is 38.6 Å². The van der Waals surface area contributed by atoms with Crippen LogP contribution in [0.3, 0.4) is 0 Å². The maximum Gasteiger partial charge on any atom is 0.326 e. The van der Waals surface area contributed by atoms with Gasteiger partial charge in [0.1, 0.15) is 0 Å². The summed E-state index contributed by atoms with van der Waals surface area (Å²) in [5.41, 5.74) is 1.79. The monoisotopic (exact) mass is 410 g/mol. The second-order valence-electron chi connectivity index (χ2n) is 9.20. The number of piperazine rings is 1. The molecule has 2 heterocycles. The fraction of sp³-hybridized carbons (Fsp3) is 0.609. The Bertz CT molecular complexity index is 989. The molecule has 3 fully saturated rings. The minimum Gasteiger partial charge on any atom is -0.339 e. The molecule has 0 spiro atoms. The molecule has 2 amide bonds. The van der Waals surface area contributed by atoms with Gasteiger partial charge in [-0.05, 0) is 56.6 Å². The van der Waals surface area contributed by atoms with Gasteiger partial charge in [-0.2, -0.15) is 0 Å². The first kappa shape index (κ1) is 19.4. The number of imidazole rings is 1. The van der Waals surface area contributed by atoms with E-state index in [0.717, 1.165) is 49.6 Å². The Balaban J connectivity index is 1.13. The van der Waals surface area contributed by atoms with Crippen LogP contribution >= 0.6 is 0 Å². The van der Waals surface area contributed by atoms with Gasteiger partial charge in [-0.15, -0.1) is 0 Å². The number of fused-ring (bicyclic) bond motifs is 1. The number of benzene rings is 1. The third-order valence-electron chi connectivity index (χ3n) is 7.15. The second kappa shape index (κ2) is 7.93. The molecule has 160 valence electrons. The number of rotatable bonds is 4. The number of nitrogens with zero attached hydrogens (tertiary/aromatic N) is 3. The van der Waals surface area contributed by atoms with E-state index in [-0.39, 0.29) is 29.3 Å². The first-order valence-corrected chi connectivity index (χ1v) is 11.4. The van der Waals surface area contributed by atoms with Crippen molar-refractivity contribution in [3.63, 3.8) is 0 Å². The Morgan fingerprint density at radius 2 is 1.37 bits per heavy atom. The van der Waals surface area contributed by atoms with E-state index in [1.165, 1.54) is 0 Å². The van der Waals surface area contributed by atoms with Crippen LogP contribution in [0.25, 0.3) is 11.0 Å². The van der Waals surface area contributed by atoms with E-state index < -0.39 is 0 Å². The summed E-state index contributed by atoms with van der Waals surface area (Å²) in [7, 11) is 0. The first-order chi connectivity index (χ1) is 14.6. The van der Waals surface area contributed by atoms with E-state index >= 15 is 0 Å². The molecule has 5 rings (SSSR count). The molecule has 0 unspecified atom stereocenters. The van der Waals surface area contributed by atoms with Crippen molar-refractivity contribution >= 4 is 22.8 Å². The van der Waals surface area contributed by atoms with Crippen LogP contribution in [0.15, 0.2) is 29.1 Å². The first-order valence-electron chi connectivity index (χ1n) is 11.4. The zero-order valence-electron chi connectivity index (χ0n) is 17.4. The second-order valence-corrected chi connectivity index (χ2v) is 9.20. The molecule has 3 aliphatic rings. The highest BCUT2D eigenvalue weighted by molar-refractivity contribution is 5.82. The van der Waals surface area contributed by atoms with Crippen molar-refractivity contribution in [1.29, 1.82) is 0 Å². The van der Waals surface area contributed by atoms with Crippen molar-refractivity contribution in [3.8, 4) is 0 Å². The van der Waals surface area contributed by atoms with Crippen LogP contribution in [0.4, 0.5) is 0 Å². The molecular formula is C23H30N4O3. The van der Waals surface area contributed by atoms with Gasteiger partial charge in [0.05, 0.1) is 11.0 Å². The number of H-pyrrole nitrogens is 1. The summed E-state index contributed by atoms with van der Waals surface area (Å²) in [6.45, 7) is 3.41. The van der Waals surface area contributed by atoms with E-state index in [9.17, 15) is 14.4 Å². The Morgan fingerprint density at radius 3 is 1.93 bits per heavy atom. The minimum atomic E-state index is -0.0481. The van der Waals surface area contributed by atoms with E-state index in [0.29, 0.717) is 38.6 Å². The summed E-state index contributed by atoms with van der Waals surface area (Å²) in [6.07, 6.45) is 5.80. The molecule has 30 heavy (non-hydrogen) atoms. The van der Waals surface area contributed by atoms with Gasteiger partial charge in [0.2, 0.25) is 11.8 Å².